The minimum Gasteiger partial charge on any atom is -0.399 e. The number of likely N-dealkylation sites (N-methyl/N-ethyl adjacent to an activating group) is 1. The van der Waals surface area contributed by atoms with Crippen LogP contribution in [0.1, 0.15) is 12.6 Å². The molecule has 0 amide bonds. The average Bonchev–Trinajstić information content (AvgIpc) is 2.17. The molecular weight excluding hydrogens is 178 g/mol. The van der Waals surface area contributed by atoms with E-state index >= 15 is 0 Å². The molecule has 3 N–H and O–H groups in total. The Kier molecular flexibility index (Phi) is 4.35. The highest BCUT2D eigenvalue weighted by molar-refractivity contribution is 5.37. The van der Waals surface area contributed by atoms with Crippen LogP contribution in [-0.2, 0) is 6.54 Å². The van der Waals surface area contributed by atoms with E-state index in [9.17, 15) is 0 Å². The molecule has 0 spiro atoms. The van der Waals surface area contributed by atoms with Crippen molar-refractivity contribution in [2.45, 2.75) is 13.5 Å². The lowest BCUT2D eigenvalue weighted by Crippen LogP contribution is -2.26. The Hall–Kier alpha value is -1.13. The Morgan fingerprint density at radius 2 is 2.36 bits per heavy atom. The summed E-state index contributed by atoms with van der Waals surface area (Å²) >= 11 is 0. The smallest absolute Gasteiger partial charge is 0.0564 e. The van der Waals surface area contributed by atoms with Gasteiger partial charge in [0, 0.05) is 25.0 Å². The summed E-state index contributed by atoms with van der Waals surface area (Å²) < 4.78 is 0. The van der Waals surface area contributed by atoms with Crippen molar-refractivity contribution in [3.63, 3.8) is 0 Å². The predicted molar refractivity (Wildman–Crippen MR) is 56.7 cm³/mol. The number of hydrogen-bond acceptors (Lipinski definition) is 4. The average molecular weight is 195 g/mol. The number of aliphatic hydroxyl groups is 1. The first-order valence-electron chi connectivity index (χ1n) is 4.80. The molecule has 4 heteroatoms. The van der Waals surface area contributed by atoms with E-state index < -0.39 is 0 Å². The molecule has 0 saturated carbocycles. The second kappa shape index (κ2) is 5.57. The van der Waals surface area contributed by atoms with Crippen molar-refractivity contribution in [3.05, 3.63) is 24.0 Å². The summed E-state index contributed by atoms with van der Waals surface area (Å²) in [6, 6.07) is 3.63. The molecular formula is C10H17N3O. The van der Waals surface area contributed by atoms with Gasteiger partial charge in [0.25, 0.3) is 0 Å². The molecule has 1 rings (SSSR count). The van der Waals surface area contributed by atoms with Crippen molar-refractivity contribution in [2.75, 3.05) is 25.4 Å². The Morgan fingerprint density at radius 3 is 2.93 bits per heavy atom. The summed E-state index contributed by atoms with van der Waals surface area (Å²) in [5.41, 5.74) is 7.32. The molecule has 0 bridgehead atoms. The number of nitrogens with zero attached hydrogens (tertiary/aromatic N) is 2. The fraction of sp³-hybridized carbons (Fsp3) is 0.500. The second-order valence-electron chi connectivity index (χ2n) is 3.17. The molecule has 0 saturated heterocycles. The van der Waals surface area contributed by atoms with Crippen LogP contribution in [0.2, 0.25) is 0 Å². The van der Waals surface area contributed by atoms with Crippen LogP contribution in [0.15, 0.2) is 18.3 Å². The van der Waals surface area contributed by atoms with Crippen LogP contribution in [0.5, 0.6) is 0 Å². The van der Waals surface area contributed by atoms with E-state index in [0.29, 0.717) is 6.54 Å². The lowest BCUT2D eigenvalue weighted by atomic mass is 10.3. The van der Waals surface area contributed by atoms with Crippen LogP contribution in [0.4, 0.5) is 5.69 Å². The summed E-state index contributed by atoms with van der Waals surface area (Å²) in [5.74, 6) is 0. The van der Waals surface area contributed by atoms with Crippen molar-refractivity contribution < 1.29 is 5.11 Å². The van der Waals surface area contributed by atoms with Crippen molar-refractivity contribution in [3.8, 4) is 0 Å². The van der Waals surface area contributed by atoms with Crippen molar-refractivity contribution >= 4 is 5.69 Å². The van der Waals surface area contributed by atoms with Crippen LogP contribution < -0.4 is 5.73 Å². The van der Waals surface area contributed by atoms with E-state index in [0.717, 1.165) is 24.5 Å². The number of aromatic nitrogens is 1. The highest BCUT2D eigenvalue weighted by atomic mass is 16.3. The SMILES string of the molecule is CCN(CCO)Cc1cc(N)ccn1. The van der Waals surface area contributed by atoms with E-state index in [1.807, 2.05) is 6.07 Å². The van der Waals surface area contributed by atoms with Gasteiger partial charge in [0.1, 0.15) is 0 Å². The quantitative estimate of drug-likeness (QED) is 0.717. The van der Waals surface area contributed by atoms with Gasteiger partial charge in [-0.3, -0.25) is 9.88 Å². The predicted octanol–water partition coefficient (Wildman–Crippen LogP) is 0.478. The first-order chi connectivity index (χ1) is 6.76. The summed E-state index contributed by atoms with van der Waals surface area (Å²) in [7, 11) is 0. The van der Waals surface area contributed by atoms with Crippen molar-refractivity contribution in [2.24, 2.45) is 0 Å². The Bertz CT molecular complexity index is 278. The zero-order valence-electron chi connectivity index (χ0n) is 8.48. The Balaban J connectivity index is 2.57. The highest BCUT2D eigenvalue weighted by Crippen LogP contribution is 2.05. The molecule has 0 fully saturated rings. The van der Waals surface area contributed by atoms with Gasteiger partial charge < -0.3 is 10.8 Å². The molecule has 1 aromatic rings. The van der Waals surface area contributed by atoms with Crippen LogP contribution >= 0.6 is 0 Å². The van der Waals surface area contributed by atoms with E-state index in [4.69, 9.17) is 10.8 Å². The maximum atomic E-state index is 8.81. The number of rotatable bonds is 5. The van der Waals surface area contributed by atoms with E-state index in [1.165, 1.54) is 0 Å². The van der Waals surface area contributed by atoms with Crippen molar-refractivity contribution in [1.82, 2.24) is 9.88 Å². The highest BCUT2D eigenvalue weighted by Gasteiger charge is 2.03. The molecule has 0 unspecified atom stereocenters. The third kappa shape index (κ3) is 3.32. The van der Waals surface area contributed by atoms with Gasteiger partial charge in [-0.15, -0.1) is 0 Å². The van der Waals surface area contributed by atoms with Gasteiger partial charge in [0.05, 0.1) is 12.3 Å². The number of anilines is 1. The molecule has 1 aromatic heterocycles. The number of nitrogen functional groups attached to an aromatic ring is 1. The molecule has 0 aliphatic carbocycles. The molecule has 4 nitrogen and oxygen atoms in total. The van der Waals surface area contributed by atoms with Crippen LogP contribution in [0.25, 0.3) is 0 Å². The molecule has 78 valence electrons. The molecule has 0 aliphatic rings. The topological polar surface area (TPSA) is 62.4 Å². The summed E-state index contributed by atoms with van der Waals surface area (Å²) in [5, 5.41) is 8.81. The third-order valence-electron chi connectivity index (χ3n) is 2.09. The zero-order chi connectivity index (χ0) is 10.4. The molecule has 0 radical (unpaired) electrons. The Morgan fingerprint density at radius 1 is 1.57 bits per heavy atom. The minimum atomic E-state index is 0.177. The largest absolute Gasteiger partial charge is 0.399 e. The van der Waals surface area contributed by atoms with Gasteiger partial charge >= 0.3 is 0 Å². The normalized spacial score (nSPS) is 10.8. The van der Waals surface area contributed by atoms with Gasteiger partial charge in [-0.1, -0.05) is 6.92 Å². The third-order valence-corrected chi connectivity index (χ3v) is 2.09. The summed E-state index contributed by atoms with van der Waals surface area (Å²) in [4.78, 5) is 6.32. The van der Waals surface area contributed by atoms with E-state index in [2.05, 4.69) is 16.8 Å². The molecule has 1 heterocycles. The first-order valence-corrected chi connectivity index (χ1v) is 4.80. The maximum absolute atomic E-state index is 8.81. The van der Waals surface area contributed by atoms with Gasteiger partial charge in [0.2, 0.25) is 0 Å². The number of aliphatic hydroxyl groups excluding tert-OH is 1. The zero-order valence-corrected chi connectivity index (χ0v) is 8.48. The fourth-order valence-corrected chi connectivity index (χ4v) is 1.30. The maximum Gasteiger partial charge on any atom is 0.0564 e. The van der Waals surface area contributed by atoms with E-state index in [-0.39, 0.29) is 6.61 Å². The molecule has 0 aromatic carbocycles. The summed E-state index contributed by atoms with van der Waals surface area (Å²) in [6.07, 6.45) is 1.71. The lowest BCUT2D eigenvalue weighted by molar-refractivity contribution is 0.195. The van der Waals surface area contributed by atoms with Gasteiger partial charge in [-0.2, -0.15) is 0 Å². The van der Waals surface area contributed by atoms with Crippen molar-refractivity contribution in [1.29, 1.82) is 0 Å². The molecule has 14 heavy (non-hydrogen) atoms. The molecule has 0 aliphatic heterocycles. The number of hydrogen-bond donors (Lipinski definition) is 2. The Labute approximate surface area is 84.4 Å². The summed E-state index contributed by atoms with van der Waals surface area (Å²) in [6.45, 7) is 4.55. The van der Waals surface area contributed by atoms with Crippen LogP contribution in [-0.4, -0.2) is 34.7 Å². The van der Waals surface area contributed by atoms with Gasteiger partial charge in [-0.25, -0.2) is 0 Å². The van der Waals surface area contributed by atoms with Gasteiger partial charge in [0.15, 0.2) is 0 Å². The number of nitrogens with two attached hydrogens (primary N) is 1. The number of pyridine rings is 1. The van der Waals surface area contributed by atoms with Crippen LogP contribution in [0, 0.1) is 0 Å². The fourth-order valence-electron chi connectivity index (χ4n) is 1.30. The van der Waals surface area contributed by atoms with E-state index in [1.54, 1.807) is 12.3 Å². The van der Waals surface area contributed by atoms with Gasteiger partial charge in [-0.05, 0) is 18.7 Å². The molecule has 0 atom stereocenters. The second-order valence-corrected chi connectivity index (χ2v) is 3.17. The standard InChI is InChI=1S/C10H17N3O/c1-2-13(5-6-14)8-10-7-9(11)3-4-12-10/h3-4,7,14H,2,5-6,8H2,1H3,(H2,11,12). The monoisotopic (exact) mass is 195 g/mol. The van der Waals surface area contributed by atoms with Crippen LogP contribution in [0.3, 0.4) is 0 Å². The minimum absolute atomic E-state index is 0.177. The first kappa shape index (κ1) is 10.9. The lowest BCUT2D eigenvalue weighted by Gasteiger charge is -2.18.